The van der Waals surface area contributed by atoms with Crippen molar-refractivity contribution >= 4 is 29.5 Å². The standard InChI is InChI=1S/C6H12O2S2/c1-9-6(10-2)4-3-5(7)8/h6H,3-4H2,1-2H3,(H,7,8). The van der Waals surface area contributed by atoms with Gasteiger partial charge in [-0.1, -0.05) is 0 Å². The van der Waals surface area contributed by atoms with E-state index < -0.39 is 5.97 Å². The van der Waals surface area contributed by atoms with Crippen LogP contribution in [-0.4, -0.2) is 28.2 Å². The van der Waals surface area contributed by atoms with E-state index in [-0.39, 0.29) is 6.42 Å². The van der Waals surface area contributed by atoms with Crippen molar-refractivity contribution < 1.29 is 9.90 Å². The Morgan fingerprint density at radius 2 is 2.00 bits per heavy atom. The van der Waals surface area contributed by atoms with Crippen LogP contribution in [0.25, 0.3) is 0 Å². The van der Waals surface area contributed by atoms with Gasteiger partial charge in [-0.3, -0.25) is 4.79 Å². The Morgan fingerprint density at radius 3 is 2.30 bits per heavy atom. The lowest BCUT2D eigenvalue weighted by atomic mass is 10.3. The van der Waals surface area contributed by atoms with Crippen molar-refractivity contribution in [3.63, 3.8) is 0 Å². The highest BCUT2D eigenvalue weighted by atomic mass is 32.2. The van der Waals surface area contributed by atoms with Crippen molar-refractivity contribution in [1.82, 2.24) is 0 Å². The molecule has 0 aromatic heterocycles. The van der Waals surface area contributed by atoms with Gasteiger partial charge in [0.2, 0.25) is 0 Å². The molecule has 0 amide bonds. The molecule has 0 radical (unpaired) electrons. The molecule has 2 nitrogen and oxygen atoms in total. The lowest BCUT2D eigenvalue weighted by molar-refractivity contribution is -0.137. The maximum absolute atomic E-state index is 10.1. The highest BCUT2D eigenvalue weighted by molar-refractivity contribution is 8.16. The van der Waals surface area contributed by atoms with Crippen LogP contribution < -0.4 is 0 Å². The summed E-state index contributed by atoms with van der Waals surface area (Å²) in [7, 11) is 0. The van der Waals surface area contributed by atoms with Gasteiger partial charge in [0.05, 0.1) is 4.58 Å². The molecule has 0 saturated heterocycles. The fourth-order valence-corrected chi connectivity index (χ4v) is 2.05. The molecule has 0 fully saturated rings. The molecule has 0 heterocycles. The van der Waals surface area contributed by atoms with Crippen LogP contribution in [-0.2, 0) is 4.79 Å². The molecule has 0 aliphatic carbocycles. The Bertz CT molecular complexity index is 102. The summed E-state index contributed by atoms with van der Waals surface area (Å²) in [6.45, 7) is 0. The van der Waals surface area contributed by atoms with E-state index in [0.29, 0.717) is 4.58 Å². The Morgan fingerprint density at radius 1 is 1.50 bits per heavy atom. The number of carbonyl (C=O) groups is 1. The Balaban J connectivity index is 3.34. The molecule has 0 rings (SSSR count). The van der Waals surface area contributed by atoms with Gasteiger partial charge in [-0.25, -0.2) is 0 Å². The summed E-state index contributed by atoms with van der Waals surface area (Å²) in [4.78, 5) is 10.1. The Hall–Kier alpha value is 0.170. The highest BCUT2D eigenvalue weighted by Gasteiger charge is 2.06. The maximum atomic E-state index is 10.1. The van der Waals surface area contributed by atoms with E-state index in [2.05, 4.69) is 0 Å². The summed E-state index contributed by atoms with van der Waals surface area (Å²) in [5.41, 5.74) is 0. The van der Waals surface area contributed by atoms with E-state index in [1.807, 2.05) is 12.5 Å². The molecule has 0 saturated carbocycles. The lowest BCUT2D eigenvalue weighted by Gasteiger charge is -2.07. The summed E-state index contributed by atoms with van der Waals surface area (Å²) < 4.78 is 0.441. The lowest BCUT2D eigenvalue weighted by Crippen LogP contribution is -2.01. The van der Waals surface area contributed by atoms with Gasteiger partial charge in [0, 0.05) is 6.42 Å². The first-order chi connectivity index (χ1) is 4.70. The summed E-state index contributed by atoms with van der Waals surface area (Å²) in [6.07, 6.45) is 5.05. The Labute approximate surface area is 69.8 Å². The van der Waals surface area contributed by atoms with Crippen molar-refractivity contribution in [2.24, 2.45) is 0 Å². The average molecular weight is 180 g/mol. The summed E-state index contributed by atoms with van der Waals surface area (Å²) in [6, 6.07) is 0. The van der Waals surface area contributed by atoms with Crippen LogP contribution in [0.15, 0.2) is 0 Å². The number of rotatable bonds is 5. The van der Waals surface area contributed by atoms with Crippen LogP contribution in [0.4, 0.5) is 0 Å². The minimum atomic E-state index is -0.701. The fraction of sp³-hybridized carbons (Fsp3) is 0.833. The van der Waals surface area contributed by atoms with E-state index in [1.165, 1.54) is 0 Å². The SMILES string of the molecule is CSC(CCC(=O)O)SC. The zero-order valence-electron chi connectivity index (χ0n) is 6.16. The van der Waals surface area contributed by atoms with Gasteiger partial charge in [-0.05, 0) is 18.9 Å². The molecule has 1 N–H and O–H groups in total. The molecule has 0 aromatic carbocycles. The molecule has 0 spiro atoms. The number of carboxylic acid groups (broad SMARTS) is 1. The van der Waals surface area contributed by atoms with Gasteiger partial charge in [0.1, 0.15) is 0 Å². The number of carboxylic acids is 1. The zero-order chi connectivity index (χ0) is 7.98. The normalized spacial score (nSPS) is 10.3. The van der Waals surface area contributed by atoms with E-state index in [0.717, 1.165) is 6.42 Å². The molecule has 10 heavy (non-hydrogen) atoms. The molecule has 0 bridgehead atoms. The quantitative estimate of drug-likeness (QED) is 0.656. The molecule has 4 heteroatoms. The molecule has 0 aliphatic heterocycles. The van der Waals surface area contributed by atoms with Crippen molar-refractivity contribution in [1.29, 1.82) is 0 Å². The Kier molecular flexibility index (Phi) is 6.02. The van der Waals surface area contributed by atoms with Gasteiger partial charge >= 0.3 is 5.97 Å². The van der Waals surface area contributed by atoms with Crippen molar-refractivity contribution in [3.05, 3.63) is 0 Å². The van der Waals surface area contributed by atoms with Gasteiger partial charge in [0.25, 0.3) is 0 Å². The monoisotopic (exact) mass is 180 g/mol. The number of thioether (sulfide) groups is 2. The first-order valence-electron chi connectivity index (χ1n) is 2.98. The van der Waals surface area contributed by atoms with E-state index >= 15 is 0 Å². The second kappa shape index (κ2) is 5.92. The first kappa shape index (κ1) is 10.2. The second-order valence-electron chi connectivity index (χ2n) is 1.83. The van der Waals surface area contributed by atoms with Crippen molar-refractivity contribution in [2.75, 3.05) is 12.5 Å². The van der Waals surface area contributed by atoms with Crippen molar-refractivity contribution in [3.8, 4) is 0 Å². The summed E-state index contributed by atoms with van der Waals surface area (Å²) in [5, 5.41) is 8.33. The average Bonchev–Trinajstić information content (AvgIpc) is 1.90. The van der Waals surface area contributed by atoms with Crippen LogP contribution in [0.3, 0.4) is 0 Å². The largest absolute Gasteiger partial charge is 0.481 e. The van der Waals surface area contributed by atoms with Crippen LogP contribution in [0.5, 0.6) is 0 Å². The van der Waals surface area contributed by atoms with Gasteiger partial charge in [0.15, 0.2) is 0 Å². The third-order valence-electron chi connectivity index (χ3n) is 1.12. The molecule has 0 aliphatic rings. The van der Waals surface area contributed by atoms with E-state index in [1.54, 1.807) is 23.5 Å². The van der Waals surface area contributed by atoms with Gasteiger partial charge in [-0.15, -0.1) is 0 Å². The highest BCUT2D eigenvalue weighted by Crippen LogP contribution is 2.22. The van der Waals surface area contributed by atoms with E-state index in [4.69, 9.17) is 5.11 Å². The van der Waals surface area contributed by atoms with Crippen LogP contribution in [0, 0.1) is 0 Å². The molecular formula is C6H12O2S2. The number of aliphatic carboxylic acids is 1. The van der Waals surface area contributed by atoms with Crippen LogP contribution in [0.2, 0.25) is 0 Å². The summed E-state index contributed by atoms with van der Waals surface area (Å²) in [5.74, 6) is -0.701. The third-order valence-corrected chi connectivity index (χ3v) is 3.80. The topological polar surface area (TPSA) is 37.3 Å². The van der Waals surface area contributed by atoms with E-state index in [9.17, 15) is 4.79 Å². The predicted octanol–water partition coefficient (Wildman–Crippen LogP) is 1.90. The van der Waals surface area contributed by atoms with Crippen LogP contribution in [0.1, 0.15) is 12.8 Å². The predicted molar refractivity (Wildman–Crippen MR) is 47.7 cm³/mol. The minimum Gasteiger partial charge on any atom is -0.481 e. The van der Waals surface area contributed by atoms with Crippen molar-refractivity contribution in [2.45, 2.75) is 17.4 Å². The number of hydrogen-bond acceptors (Lipinski definition) is 3. The molecule has 60 valence electrons. The van der Waals surface area contributed by atoms with Gasteiger partial charge in [-0.2, -0.15) is 23.5 Å². The molecular weight excluding hydrogens is 168 g/mol. The third kappa shape index (κ3) is 4.99. The second-order valence-corrected chi connectivity index (χ2v) is 4.21. The molecule has 0 atom stereocenters. The summed E-state index contributed by atoms with van der Waals surface area (Å²) >= 11 is 3.42. The minimum absolute atomic E-state index is 0.284. The smallest absolute Gasteiger partial charge is 0.303 e. The molecule has 0 unspecified atom stereocenters. The molecule has 0 aromatic rings. The zero-order valence-corrected chi connectivity index (χ0v) is 7.80. The van der Waals surface area contributed by atoms with Gasteiger partial charge < -0.3 is 5.11 Å². The number of hydrogen-bond donors (Lipinski definition) is 1. The first-order valence-corrected chi connectivity index (χ1v) is 5.55. The van der Waals surface area contributed by atoms with Crippen LogP contribution >= 0.6 is 23.5 Å². The maximum Gasteiger partial charge on any atom is 0.303 e. The fourth-order valence-electron chi connectivity index (χ4n) is 0.573.